The number of nitrogens with one attached hydrogen (secondary N) is 1. The van der Waals surface area contributed by atoms with E-state index in [0.717, 1.165) is 0 Å². The van der Waals surface area contributed by atoms with Gasteiger partial charge in [0.1, 0.15) is 22.0 Å². The number of halogens is 2. The fourth-order valence-electron chi connectivity index (χ4n) is 3.70. The zero-order valence-corrected chi connectivity index (χ0v) is 24.6. The first-order valence-electron chi connectivity index (χ1n) is 10.6. The molecule has 4 aromatic rings. The van der Waals surface area contributed by atoms with Crippen LogP contribution in [0, 0.1) is 6.92 Å². The Bertz CT molecular complexity index is 1700. The molecule has 1 amide bonds. The second-order valence-corrected chi connectivity index (χ2v) is 10.0. The van der Waals surface area contributed by atoms with Gasteiger partial charge in [-0.3, -0.25) is 9.35 Å². The van der Waals surface area contributed by atoms with E-state index in [4.69, 9.17) is 27.9 Å². The van der Waals surface area contributed by atoms with E-state index in [-0.39, 0.29) is 62.2 Å². The molecule has 0 radical (unpaired) electrons. The Labute approximate surface area is 250 Å². The van der Waals surface area contributed by atoms with E-state index in [1.54, 1.807) is 49.4 Å². The predicted octanol–water partition coefficient (Wildman–Crippen LogP) is 3.46. The number of ether oxygens (including phenoxy) is 1. The van der Waals surface area contributed by atoms with Crippen LogP contribution in [0.2, 0.25) is 10.0 Å². The second kappa shape index (κ2) is 12.0. The van der Waals surface area contributed by atoms with E-state index in [9.17, 15) is 22.9 Å². The predicted molar refractivity (Wildman–Crippen MR) is 140 cm³/mol. The summed E-state index contributed by atoms with van der Waals surface area (Å²) in [6, 6.07) is 15.5. The van der Waals surface area contributed by atoms with Crippen LogP contribution >= 0.6 is 23.2 Å². The van der Waals surface area contributed by atoms with Gasteiger partial charge in [-0.1, -0.05) is 59.3 Å². The van der Waals surface area contributed by atoms with Gasteiger partial charge in [0.2, 0.25) is 0 Å². The number of hydrogen-bond acceptors (Lipinski definition) is 7. The number of rotatable bonds is 6. The normalized spacial score (nSPS) is 11.4. The van der Waals surface area contributed by atoms with Crippen molar-refractivity contribution in [2.45, 2.75) is 11.8 Å². The first-order chi connectivity index (χ1) is 17.5. The molecule has 0 aliphatic rings. The summed E-state index contributed by atoms with van der Waals surface area (Å²) in [5.41, 5.74) is -0.0215. The third kappa shape index (κ3) is 6.13. The number of anilines is 1. The molecule has 0 aliphatic carbocycles. The van der Waals surface area contributed by atoms with Gasteiger partial charge >= 0.3 is 29.6 Å². The largest absolute Gasteiger partial charge is 1.00 e. The van der Waals surface area contributed by atoms with Gasteiger partial charge in [0.25, 0.3) is 16.0 Å². The number of nitrogens with zero attached hydrogens (tertiary/aromatic N) is 2. The summed E-state index contributed by atoms with van der Waals surface area (Å²) in [5, 5.41) is 24.8. The van der Waals surface area contributed by atoms with E-state index >= 15 is 0 Å². The Kier molecular flexibility index (Phi) is 9.43. The molecule has 38 heavy (non-hydrogen) atoms. The molecule has 0 spiro atoms. The summed E-state index contributed by atoms with van der Waals surface area (Å²) in [7, 11) is -3.35. The van der Waals surface area contributed by atoms with Crippen molar-refractivity contribution < 1.29 is 57.2 Å². The number of benzene rings is 4. The molecule has 0 aliphatic heterocycles. The molecule has 0 unspecified atom stereocenters. The maximum absolute atomic E-state index is 13.4. The summed E-state index contributed by atoms with van der Waals surface area (Å²) >= 11 is 12.2. The van der Waals surface area contributed by atoms with Crippen LogP contribution in [-0.2, 0) is 10.1 Å². The number of azo groups is 1. The van der Waals surface area contributed by atoms with Crippen molar-refractivity contribution in [1.82, 2.24) is 0 Å². The molecule has 0 fully saturated rings. The minimum Gasteiger partial charge on any atom is -0.870 e. The van der Waals surface area contributed by atoms with E-state index in [1.165, 1.54) is 25.3 Å². The molecule has 0 saturated carbocycles. The molecule has 4 rings (SSSR count). The Morgan fingerprint density at radius 2 is 1.74 bits per heavy atom. The molecule has 4 aromatic carbocycles. The zero-order chi connectivity index (χ0) is 26.9. The minimum absolute atomic E-state index is 0. The van der Waals surface area contributed by atoms with Gasteiger partial charge in [-0.15, -0.1) is 5.11 Å². The average molecular weight is 582 g/mol. The van der Waals surface area contributed by atoms with Crippen LogP contribution in [0.1, 0.15) is 15.9 Å². The molecule has 13 heteroatoms. The quantitative estimate of drug-likeness (QED) is 0.203. The molecule has 0 atom stereocenters. The van der Waals surface area contributed by atoms with Gasteiger partial charge in [-0.25, -0.2) is 0 Å². The van der Waals surface area contributed by atoms with Crippen molar-refractivity contribution in [2.75, 3.05) is 12.4 Å². The first-order valence-corrected chi connectivity index (χ1v) is 12.8. The SMILES string of the molecule is COc1cccc(Cl)c1NC(=O)c1cc2ccccc2c(N=Nc2cc(C)cc(Cl)c2S(=O)(=O)O)c1[O-].[Na+]. The Morgan fingerprint density at radius 1 is 1.03 bits per heavy atom. The summed E-state index contributed by atoms with van der Waals surface area (Å²) in [6.45, 7) is 1.64. The average Bonchev–Trinajstić information content (AvgIpc) is 2.83. The van der Waals surface area contributed by atoms with E-state index in [2.05, 4.69) is 15.5 Å². The number of amides is 1. The fraction of sp³-hybridized carbons (Fsp3) is 0.0800. The minimum atomic E-state index is -4.76. The summed E-state index contributed by atoms with van der Waals surface area (Å²) < 4.78 is 38.7. The van der Waals surface area contributed by atoms with Crippen LogP contribution in [0.3, 0.4) is 0 Å². The third-order valence-electron chi connectivity index (χ3n) is 5.34. The molecule has 0 aromatic heterocycles. The van der Waals surface area contributed by atoms with Crippen LogP contribution in [0.25, 0.3) is 10.8 Å². The van der Waals surface area contributed by atoms with Gasteiger partial charge in [0.15, 0.2) is 0 Å². The van der Waals surface area contributed by atoms with Gasteiger partial charge in [-0.05, 0) is 48.2 Å². The summed E-state index contributed by atoms with van der Waals surface area (Å²) in [4.78, 5) is 12.5. The van der Waals surface area contributed by atoms with Crippen molar-refractivity contribution in [3.05, 3.63) is 81.8 Å². The molecule has 0 saturated heterocycles. The molecule has 0 heterocycles. The number of hydrogen-bond donors (Lipinski definition) is 2. The van der Waals surface area contributed by atoms with Crippen LogP contribution in [0.4, 0.5) is 17.1 Å². The van der Waals surface area contributed by atoms with Crippen molar-refractivity contribution in [2.24, 2.45) is 10.2 Å². The monoisotopic (exact) mass is 581 g/mol. The standard InChI is InChI=1S/C25H19Cl2N3O6S.Na/c1-13-10-18(27)24(37(33,34)35)19(11-13)29-30-21-15-7-4-3-6-14(15)12-16(23(21)31)25(32)28-22-17(26)8-5-9-20(22)36-2;/h3-12,31H,1-2H3,(H,28,32)(H,33,34,35);/q;+1/p-1. The Balaban J connectivity index is 0.00000400. The molecule has 2 N–H and O–H groups in total. The molecular weight excluding hydrogens is 564 g/mol. The van der Waals surface area contributed by atoms with Crippen LogP contribution in [0.5, 0.6) is 11.5 Å². The molecule has 0 bridgehead atoms. The van der Waals surface area contributed by atoms with Crippen LogP contribution < -0.4 is 44.7 Å². The summed E-state index contributed by atoms with van der Waals surface area (Å²) in [5.74, 6) is -1.24. The molecule has 9 nitrogen and oxygen atoms in total. The number of methoxy groups -OCH3 is 1. The number of para-hydroxylation sites is 1. The van der Waals surface area contributed by atoms with Gasteiger partial charge in [0, 0.05) is 10.9 Å². The molecular formula is C25H18Cl2N3NaO6S. The van der Waals surface area contributed by atoms with Gasteiger partial charge in [0.05, 0.1) is 22.8 Å². The fourth-order valence-corrected chi connectivity index (χ4v) is 5.14. The van der Waals surface area contributed by atoms with Gasteiger partial charge in [-0.2, -0.15) is 13.5 Å². The number of carbonyl (C=O) groups is 1. The van der Waals surface area contributed by atoms with Crippen molar-refractivity contribution >= 4 is 67.1 Å². The zero-order valence-electron chi connectivity index (χ0n) is 20.3. The second-order valence-electron chi connectivity index (χ2n) is 7.86. The number of carbonyl (C=O) groups excluding carboxylic acids is 1. The van der Waals surface area contributed by atoms with E-state index in [1.807, 2.05) is 0 Å². The van der Waals surface area contributed by atoms with Crippen molar-refractivity contribution in [3.8, 4) is 11.5 Å². The maximum atomic E-state index is 13.4. The van der Waals surface area contributed by atoms with Crippen LogP contribution in [0.15, 0.2) is 75.8 Å². The van der Waals surface area contributed by atoms with Crippen molar-refractivity contribution in [3.63, 3.8) is 0 Å². The first kappa shape index (κ1) is 29.9. The van der Waals surface area contributed by atoms with E-state index in [0.29, 0.717) is 22.1 Å². The smallest absolute Gasteiger partial charge is 0.870 e. The van der Waals surface area contributed by atoms with Crippen molar-refractivity contribution in [1.29, 1.82) is 0 Å². The number of fused-ring (bicyclic) bond motifs is 1. The van der Waals surface area contributed by atoms with E-state index < -0.39 is 26.7 Å². The van der Waals surface area contributed by atoms with Gasteiger partial charge < -0.3 is 15.2 Å². The Morgan fingerprint density at radius 3 is 2.42 bits per heavy atom. The Hall–Kier alpha value is -2.70. The maximum Gasteiger partial charge on any atom is 1.00 e. The topological polar surface area (TPSA) is 140 Å². The summed E-state index contributed by atoms with van der Waals surface area (Å²) in [6.07, 6.45) is 0. The third-order valence-corrected chi connectivity index (χ3v) is 7.01. The number of aryl methyl sites for hydroxylation is 1. The van der Waals surface area contributed by atoms with Crippen LogP contribution in [-0.4, -0.2) is 26.0 Å². The molecule has 190 valence electrons.